The van der Waals surface area contributed by atoms with Crippen molar-refractivity contribution < 1.29 is 4.58 Å². The predicted molar refractivity (Wildman–Crippen MR) is 165 cm³/mol. The number of allylic oxidation sites excluding steroid dienone is 4. The lowest BCUT2D eigenvalue weighted by Crippen LogP contribution is -2.40. The third kappa shape index (κ3) is 4.98. The standard InChI is InChI=1S/C34H44N3S/c1-31(2,23-29-33(5,6)25-15-10-12-17-27(25)36(29)9)19-20-32(3,4)30-34(7,8)26-16-11-13-18-28(26)37(30)21-14-22-38-24-35/h10-13,15-20,23H,14,21-22H2,1-9H3/q+1/b20-19+,29-23+. The quantitative estimate of drug-likeness (QED) is 0.149. The number of para-hydroxylation sites is 2. The van der Waals surface area contributed by atoms with Gasteiger partial charge in [0.05, 0.1) is 10.8 Å². The molecule has 0 amide bonds. The number of hydrogen-bond acceptors (Lipinski definition) is 3. The third-order valence-corrected chi connectivity index (χ3v) is 9.03. The van der Waals surface area contributed by atoms with Crippen LogP contribution in [0.2, 0.25) is 0 Å². The molecule has 0 fully saturated rings. The lowest BCUT2D eigenvalue weighted by Gasteiger charge is -2.31. The van der Waals surface area contributed by atoms with Crippen LogP contribution in [0.4, 0.5) is 11.4 Å². The first-order valence-corrected chi connectivity index (χ1v) is 14.8. The average Bonchev–Trinajstić information content (AvgIpc) is 3.21. The van der Waals surface area contributed by atoms with E-state index in [9.17, 15) is 0 Å². The molecule has 2 aliphatic rings. The van der Waals surface area contributed by atoms with Gasteiger partial charge in [0.1, 0.15) is 11.9 Å². The Hall–Kier alpha value is -2.77. The molecule has 0 bridgehead atoms. The van der Waals surface area contributed by atoms with Crippen molar-refractivity contribution in [3.05, 3.63) is 83.6 Å². The fourth-order valence-electron chi connectivity index (χ4n) is 6.71. The van der Waals surface area contributed by atoms with Crippen LogP contribution in [0.1, 0.15) is 72.9 Å². The summed E-state index contributed by atoms with van der Waals surface area (Å²) >= 11 is 1.35. The highest BCUT2D eigenvalue weighted by atomic mass is 32.2. The number of fused-ring (bicyclic) bond motifs is 2. The summed E-state index contributed by atoms with van der Waals surface area (Å²) in [5.41, 5.74) is 7.78. The van der Waals surface area contributed by atoms with Gasteiger partial charge >= 0.3 is 0 Å². The van der Waals surface area contributed by atoms with E-state index >= 15 is 0 Å². The lowest BCUT2D eigenvalue weighted by atomic mass is 9.70. The summed E-state index contributed by atoms with van der Waals surface area (Å²) in [4.78, 5) is 2.36. The number of nitrogens with zero attached hydrogens (tertiary/aromatic N) is 3. The number of likely N-dealkylation sites (N-methyl/N-ethyl adjacent to an activating group) is 1. The number of nitriles is 1. The summed E-state index contributed by atoms with van der Waals surface area (Å²) in [6, 6.07) is 17.6. The third-order valence-electron chi connectivity index (χ3n) is 8.41. The zero-order chi connectivity index (χ0) is 27.9. The minimum Gasteiger partial charge on any atom is -0.347 e. The van der Waals surface area contributed by atoms with Crippen LogP contribution in [0.25, 0.3) is 0 Å². The Balaban J connectivity index is 1.70. The fourth-order valence-corrected chi connectivity index (χ4v) is 7.08. The van der Waals surface area contributed by atoms with Crippen LogP contribution in [-0.4, -0.2) is 29.6 Å². The molecule has 4 heteroatoms. The van der Waals surface area contributed by atoms with Crippen LogP contribution < -0.4 is 4.90 Å². The van der Waals surface area contributed by atoms with Gasteiger partial charge in [0.2, 0.25) is 5.69 Å². The maximum absolute atomic E-state index is 9.01. The normalized spacial score (nSPS) is 19.3. The molecular weight excluding hydrogens is 482 g/mol. The van der Waals surface area contributed by atoms with E-state index in [1.165, 1.54) is 45.7 Å². The van der Waals surface area contributed by atoms with Gasteiger partial charge in [0, 0.05) is 53.1 Å². The van der Waals surface area contributed by atoms with Gasteiger partial charge in [0.15, 0.2) is 5.71 Å². The molecule has 0 saturated heterocycles. The average molecular weight is 527 g/mol. The van der Waals surface area contributed by atoms with E-state index in [4.69, 9.17) is 5.26 Å². The van der Waals surface area contributed by atoms with Gasteiger partial charge in [-0.05, 0) is 51.1 Å². The van der Waals surface area contributed by atoms with Crippen molar-refractivity contribution in [2.24, 2.45) is 10.8 Å². The molecule has 2 aromatic rings. The zero-order valence-corrected chi connectivity index (χ0v) is 25.5. The first-order chi connectivity index (χ1) is 17.7. The van der Waals surface area contributed by atoms with Crippen molar-refractivity contribution >= 4 is 28.8 Å². The first-order valence-electron chi connectivity index (χ1n) is 13.8. The van der Waals surface area contributed by atoms with E-state index < -0.39 is 0 Å². The van der Waals surface area contributed by atoms with Crippen LogP contribution in [0.5, 0.6) is 0 Å². The van der Waals surface area contributed by atoms with Gasteiger partial charge in [-0.3, -0.25) is 0 Å². The number of thiocyanates is 1. The largest absolute Gasteiger partial charge is 0.347 e. The van der Waals surface area contributed by atoms with Crippen LogP contribution in [-0.2, 0) is 10.8 Å². The molecule has 2 aliphatic heterocycles. The van der Waals surface area contributed by atoms with Crippen molar-refractivity contribution in [2.75, 3.05) is 24.2 Å². The van der Waals surface area contributed by atoms with E-state index in [-0.39, 0.29) is 21.7 Å². The second-order valence-corrected chi connectivity index (χ2v) is 13.9. The smallest absolute Gasteiger partial charge is 0.209 e. The number of thioether (sulfide) groups is 1. The Morgan fingerprint density at radius 1 is 0.921 bits per heavy atom. The highest BCUT2D eigenvalue weighted by Crippen LogP contribution is 2.49. The molecule has 2 aromatic carbocycles. The Labute approximate surface area is 235 Å². The second kappa shape index (κ2) is 10.1. The van der Waals surface area contributed by atoms with Crippen molar-refractivity contribution in [2.45, 2.75) is 72.6 Å². The number of hydrogen-bond donors (Lipinski definition) is 0. The van der Waals surface area contributed by atoms with Crippen LogP contribution in [0, 0.1) is 21.5 Å². The minimum absolute atomic E-state index is 0.0337. The van der Waals surface area contributed by atoms with E-state index in [1.54, 1.807) is 0 Å². The first kappa shape index (κ1) is 28.2. The monoisotopic (exact) mass is 526 g/mol. The van der Waals surface area contributed by atoms with Crippen molar-refractivity contribution in [3.8, 4) is 5.40 Å². The van der Waals surface area contributed by atoms with E-state index in [0.29, 0.717) is 0 Å². The summed E-state index contributed by atoms with van der Waals surface area (Å²) in [5, 5.41) is 11.2. The zero-order valence-electron chi connectivity index (χ0n) is 24.7. The molecule has 38 heavy (non-hydrogen) atoms. The maximum atomic E-state index is 9.01. The van der Waals surface area contributed by atoms with Gasteiger partial charge in [-0.2, -0.15) is 9.84 Å². The van der Waals surface area contributed by atoms with E-state index in [2.05, 4.69) is 144 Å². The number of rotatable bonds is 8. The topological polar surface area (TPSA) is 30.0 Å². The molecule has 0 aliphatic carbocycles. The van der Waals surface area contributed by atoms with Crippen molar-refractivity contribution in [1.82, 2.24) is 0 Å². The summed E-state index contributed by atoms with van der Waals surface area (Å²) in [5.74, 6) is 0.853. The van der Waals surface area contributed by atoms with Crippen molar-refractivity contribution in [3.63, 3.8) is 0 Å². The molecule has 200 valence electrons. The molecule has 0 aromatic heterocycles. The SMILES string of the molecule is CN1/C(=C/C(C)(C)/C=C/C(C)(C)C2=[N+](CCCSC#N)c3ccccc3C2(C)C)C(C)(C)c2ccccc21. The number of anilines is 1. The number of benzene rings is 2. The molecule has 0 saturated carbocycles. The Morgan fingerprint density at radius 2 is 1.55 bits per heavy atom. The molecule has 0 atom stereocenters. The van der Waals surface area contributed by atoms with Crippen LogP contribution in [0.15, 0.2) is 72.5 Å². The van der Waals surface area contributed by atoms with Gasteiger partial charge in [-0.1, -0.05) is 82.3 Å². The van der Waals surface area contributed by atoms with Gasteiger partial charge < -0.3 is 4.90 Å². The van der Waals surface area contributed by atoms with Gasteiger partial charge in [0.25, 0.3) is 0 Å². The van der Waals surface area contributed by atoms with Gasteiger partial charge in [-0.25, -0.2) is 0 Å². The second-order valence-electron chi connectivity index (χ2n) is 13.0. The molecule has 0 unspecified atom stereocenters. The molecular formula is C34H44N3S+. The molecule has 3 nitrogen and oxygen atoms in total. The maximum Gasteiger partial charge on any atom is 0.209 e. The van der Waals surface area contributed by atoms with Crippen LogP contribution in [0.3, 0.4) is 0 Å². The lowest BCUT2D eigenvalue weighted by molar-refractivity contribution is -0.442. The highest BCUT2D eigenvalue weighted by Gasteiger charge is 2.51. The molecule has 0 spiro atoms. The van der Waals surface area contributed by atoms with E-state index in [1.807, 2.05) is 0 Å². The van der Waals surface area contributed by atoms with Crippen molar-refractivity contribution in [1.29, 1.82) is 5.26 Å². The Kier molecular flexibility index (Phi) is 7.49. The molecule has 0 N–H and O–H groups in total. The Bertz CT molecular complexity index is 1350. The summed E-state index contributed by atoms with van der Waals surface area (Å²) in [6.45, 7) is 19.7. The molecule has 4 rings (SSSR count). The summed E-state index contributed by atoms with van der Waals surface area (Å²) in [6.07, 6.45) is 8.27. The highest BCUT2D eigenvalue weighted by molar-refractivity contribution is 8.03. The fraction of sp³-hybridized carbons (Fsp3) is 0.471. The van der Waals surface area contributed by atoms with E-state index in [0.717, 1.165) is 18.7 Å². The van der Waals surface area contributed by atoms with Gasteiger partial charge in [-0.15, -0.1) is 0 Å². The predicted octanol–water partition coefficient (Wildman–Crippen LogP) is 8.59. The molecule has 0 radical (unpaired) electrons. The summed E-state index contributed by atoms with van der Waals surface area (Å²) in [7, 11) is 2.19. The summed E-state index contributed by atoms with van der Waals surface area (Å²) < 4.78 is 2.54. The molecule has 2 heterocycles. The minimum atomic E-state index is -0.152. The Morgan fingerprint density at radius 3 is 2.21 bits per heavy atom. The van der Waals surface area contributed by atoms with Crippen LogP contribution >= 0.6 is 11.8 Å².